The summed E-state index contributed by atoms with van der Waals surface area (Å²) in [6, 6.07) is 0. The van der Waals surface area contributed by atoms with Crippen LogP contribution in [0.4, 0.5) is 0 Å². The maximum atomic E-state index is 11.6. The van der Waals surface area contributed by atoms with Crippen LogP contribution in [-0.2, 0) is 9.59 Å². The summed E-state index contributed by atoms with van der Waals surface area (Å²) < 4.78 is 0. The minimum absolute atomic E-state index is 0.0478. The minimum atomic E-state index is -0.0478. The van der Waals surface area contributed by atoms with Gasteiger partial charge < -0.3 is 0 Å². The molecule has 90 valence electrons. The Bertz CT molecular complexity index is 285. The van der Waals surface area contributed by atoms with Crippen molar-refractivity contribution in [2.45, 2.75) is 52.9 Å². The summed E-state index contributed by atoms with van der Waals surface area (Å²) >= 11 is 0. The van der Waals surface area contributed by atoms with E-state index in [2.05, 4.69) is 13.0 Å². The topological polar surface area (TPSA) is 34.1 Å². The van der Waals surface area contributed by atoms with Crippen LogP contribution < -0.4 is 0 Å². The predicted octanol–water partition coefficient (Wildman–Crippen LogP) is 3.62. The summed E-state index contributed by atoms with van der Waals surface area (Å²) in [5, 5.41) is 0. The molecule has 0 fully saturated rings. The van der Waals surface area contributed by atoms with Crippen LogP contribution >= 0.6 is 0 Å². The molecule has 0 aromatic rings. The van der Waals surface area contributed by atoms with Gasteiger partial charge in [0, 0.05) is 6.42 Å². The summed E-state index contributed by atoms with van der Waals surface area (Å²) in [6.45, 7) is 6.08. The fourth-order valence-electron chi connectivity index (χ4n) is 1.39. The van der Waals surface area contributed by atoms with Crippen LogP contribution in [0.15, 0.2) is 23.3 Å². The second kappa shape index (κ2) is 9.08. The van der Waals surface area contributed by atoms with E-state index < -0.39 is 0 Å². The van der Waals surface area contributed by atoms with Gasteiger partial charge in [-0.25, -0.2) is 0 Å². The van der Waals surface area contributed by atoms with E-state index in [0.717, 1.165) is 31.3 Å². The largest absolute Gasteiger partial charge is 0.298 e. The summed E-state index contributed by atoms with van der Waals surface area (Å²) in [6.07, 6.45) is 8.68. The third-order valence-corrected chi connectivity index (χ3v) is 2.37. The average molecular weight is 222 g/mol. The van der Waals surface area contributed by atoms with E-state index in [1.807, 2.05) is 13.8 Å². The molecule has 0 saturated heterocycles. The zero-order valence-corrected chi connectivity index (χ0v) is 10.6. The van der Waals surface area contributed by atoms with Crippen molar-refractivity contribution in [2.75, 3.05) is 0 Å². The zero-order chi connectivity index (χ0) is 12.4. The highest BCUT2D eigenvalue weighted by atomic mass is 16.1. The molecule has 0 spiro atoms. The Morgan fingerprint density at radius 2 is 1.81 bits per heavy atom. The van der Waals surface area contributed by atoms with Gasteiger partial charge in [0.15, 0.2) is 12.1 Å². The lowest BCUT2D eigenvalue weighted by molar-refractivity contribution is -0.117. The van der Waals surface area contributed by atoms with Crippen LogP contribution in [-0.4, -0.2) is 12.1 Å². The predicted molar refractivity (Wildman–Crippen MR) is 67.3 cm³/mol. The molecule has 0 N–H and O–H groups in total. The molecule has 0 unspecified atom stereocenters. The van der Waals surface area contributed by atoms with Crippen LogP contribution in [0.3, 0.4) is 0 Å². The molecular formula is C14H22O2. The van der Waals surface area contributed by atoms with Gasteiger partial charge >= 0.3 is 0 Å². The Morgan fingerprint density at radius 1 is 1.12 bits per heavy atom. The van der Waals surface area contributed by atoms with Gasteiger partial charge in [0.2, 0.25) is 0 Å². The van der Waals surface area contributed by atoms with Crippen LogP contribution in [0.1, 0.15) is 52.9 Å². The van der Waals surface area contributed by atoms with Crippen molar-refractivity contribution in [1.29, 1.82) is 0 Å². The van der Waals surface area contributed by atoms with Crippen molar-refractivity contribution in [3.63, 3.8) is 0 Å². The molecule has 16 heavy (non-hydrogen) atoms. The van der Waals surface area contributed by atoms with E-state index in [1.165, 1.54) is 0 Å². The van der Waals surface area contributed by atoms with E-state index in [0.29, 0.717) is 18.3 Å². The molecule has 0 aliphatic heterocycles. The highest BCUT2D eigenvalue weighted by Gasteiger charge is 2.07. The molecule has 0 aromatic carbocycles. The smallest absolute Gasteiger partial charge is 0.166 e. The first-order valence-corrected chi connectivity index (χ1v) is 6.08. The van der Waals surface area contributed by atoms with E-state index in [1.54, 1.807) is 6.08 Å². The summed E-state index contributed by atoms with van der Waals surface area (Å²) in [4.78, 5) is 22.4. The van der Waals surface area contributed by atoms with Crippen LogP contribution in [0.5, 0.6) is 0 Å². The SMILES string of the molecule is CCC/C=C(\C=C(/C=O)C(=O)CCC)CC. The summed E-state index contributed by atoms with van der Waals surface area (Å²) in [7, 11) is 0. The minimum Gasteiger partial charge on any atom is -0.298 e. The van der Waals surface area contributed by atoms with Gasteiger partial charge in [-0.05, 0) is 25.3 Å². The lowest BCUT2D eigenvalue weighted by Crippen LogP contribution is -2.03. The summed E-state index contributed by atoms with van der Waals surface area (Å²) in [5.41, 5.74) is 1.39. The molecule has 0 atom stereocenters. The van der Waals surface area contributed by atoms with Crippen molar-refractivity contribution >= 4 is 12.1 Å². The number of carbonyl (C=O) groups is 2. The van der Waals surface area contributed by atoms with Gasteiger partial charge in [0.05, 0.1) is 5.57 Å². The number of ketones is 1. The van der Waals surface area contributed by atoms with Crippen molar-refractivity contribution in [1.82, 2.24) is 0 Å². The van der Waals surface area contributed by atoms with Gasteiger partial charge in [-0.3, -0.25) is 9.59 Å². The first-order valence-electron chi connectivity index (χ1n) is 6.08. The highest BCUT2D eigenvalue weighted by molar-refractivity contribution is 6.12. The number of hydrogen-bond donors (Lipinski definition) is 0. The number of rotatable bonds is 8. The van der Waals surface area contributed by atoms with Gasteiger partial charge in [0.25, 0.3) is 0 Å². The monoisotopic (exact) mass is 222 g/mol. The quantitative estimate of drug-likeness (QED) is 0.207. The molecule has 0 radical (unpaired) electrons. The fourth-order valence-corrected chi connectivity index (χ4v) is 1.39. The molecule has 0 amide bonds. The summed E-state index contributed by atoms with van der Waals surface area (Å²) in [5.74, 6) is -0.0478. The standard InChI is InChI=1S/C14H22O2/c1-4-7-9-12(6-3)10-13(11-15)14(16)8-5-2/h9-11H,4-8H2,1-3H3/b12-9-,13-10+. The van der Waals surface area contributed by atoms with Gasteiger partial charge in [-0.15, -0.1) is 0 Å². The van der Waals surface area contributed by atoms with E-state index >= 15 is 0 Å². The normalized spacial score (nSPS) is 12.7. The van der Waals surface area contributed by atoms with Crippen LogP contribution in [0.2, 0.25) is 0 Å². The molecule has 0 bridgehead atoms. The van der Waals surface area contributed by atoms with Crippen molar-refractivity contribution in [2.24, 2.45) is 0 Å². The molecule has 0 aromatic heterocycles. The van der Waals surface area contributed by atoms with Crippen LogP contribution in [0, 0.1) is 0 Å². The van der Waals surface area contributed by atoms with Gasteiger partial charge in [0.1, 0.15) is 0 Å². The average Bonchev–Trinajstić information content (AvgIpc) is 2.30. The molecular weight excluding hydrogens is 200 g/mol. The molecule has 0 aliphatic carbocycles. The molecule has 2 nitrogen and oxygen atoms in total. The zero-order valence-electron chi connectivity index (χ0n) is 10.6. The number of unbranched alkanes of at least 4 members (excludes halogenated alkanes) is 1. The molecule has 0 aliphatic rings. The first-order chi connectivity index (χ1) is 7.69. The van der Waals surface area contributed by atoms with Gasteiger partial charge in [-0.1, -0.05) is 38.8 Å². The van der Waals surface area contributed by atoms with Crippen LogP contribution in [0.25, 0.3) is 0 Å². The van der Waals surface area contributed by atoms with E-state index in [9.17, 15) is 9.59 Å². The number of Topliss-reactive ketones (excluding diaryl/α,β-unsaturated/α-hetero) is 1. The Kier molecular flexibility index (Phi) is 8.41. The molecule has 0 heterocycles. The second-order valence-corrected chi connectivity index (χ2v) is 3.81. The number of aldehydes is 1. The van der Waals surface area contributed by atoms with E-state index in [4.69, 9.17) is 0 Å². The Balaban J connectivity index is 4.76. The first kappa shape index (κ1) is 14.8. The van der Waals surface area contributed by atoms with Crippen molar-refractivity contribution < 1.29 is 9.59 Å². The van der Waals surface area contributed by atoms with Crippen molar-refractivity contribution in [3.05, 3.63) is 23.3 Å². The fraction of sp³-hybridized carbons (Fsp3) is 0.571. The Hall–Kier alpha value is -1.18. The lowest BCUT2D eigenvalue weighted by atomic mass is 10.0. The number of allylic oxidation sites excluding steroid dienone is 4. The van der Waals surface area contributed by atoms with Crippen molar-refractivity contribution in [3.8, 4) is 0 Å². The lowest BCUT2D eigenvalue weighted by Gasteiger charge is -2.01. The third-order valence-electron chi connectivity index (χ3n) is 2.37. The Morgan fingerprint density at radius 3 is 2.25 bits per heavy atom. The molecule has 0 saturated carbocycles. The maximum absolute atomic E-state index is 11.6. The van der Waals surface area contributed by atoms with E-state index in [-0.39, 0.29) is 5.78 Å². The number of hydrogen-bond acceptors (Lipinski definition) is 2. The van der Waals surface area contributed by atoms with Gasteiger partial charge in [-0.2, -0.15) is 0 Å². The highest BCUT2D eigenvalue weighted by Crippen LogP contribution is 2.10. The Labute approximate surface area is 98.4 Å². The maximum Gasteiger partial charge on any atom is 0.166 e. The number of carbonyl (C=O) groups excluding carboxylic acids is 2. The molecule has 2 heteroatoms. The molecule has 0 rings (SSSR count). The second-order valence-electron chi connectivity index (χ2n) is 3.81. The third kappa shape index (κ3) is 5.64.